The zero-order valence-corrected chi connectivity index (χ0v) is 15.9. The first-order valence-electron chi connectivity index (χ1n) is 10.9. The molecule has 0 N–H and O–H groups in total. The molecule has 0 aliphatic heterocycles. The Bertz CT molecular complexity index is 352. The highest BCUT2D eigenvalue weighted by molar-refractivity contribution is 4.94. The van der Waals surface area contributed by atoms with Crippen molar-refractivity contribution in [2.75, 3.05) is 0 Å². The topological polar surface area (TPSA) is 9.23 Å². The fraction of sp³-hybridized carbons (Fsp3) is 1.00. The predicted octanol–water partition coefficient (Wildman–Crippen LogP) is 6.60. The van der Waals surface area contributed by atoms with Crippen molar-refractivity contribution in [1.82, 2.24) is 0 Å². The molecular weight excluding hydrogens is 280 g/mol. The highest BCUT2D eigenvalue weighted by Gasteiger charge is 2.44. The molecule has 0 saturated heterocycles. The van der Waals surface area contributed by atoms with E-state index in [0.717, 1.165) is 29.6 Å². The minimum atomic E-state index is 0.474. The lowest BCUT2D eigenvalue weighted by Gasteiger charge is -2.51. The summed E-state index contributed by atoms with van der Waals surface area (Å²) in [5.41, 5.74) is 0. The van der Waals surface area contributed by atoms with E-state index in [4.69, 9.17) is 4.74 Å². The summed E-state index contributed by atoms with van der Waals surface area (Å²) in [6.45, 7) is 6.91. The molecule has 0 bridgehead atoms. The molecule has 134 valence electrons. The van der Waals surface area contributed by atoms with Gasteiger partial charge in [-0.3, -0.25) is 0 Å². The Kier molecular flexibility index (Phi) is 6.46. The van der Waals surface area contributed by atoms with Crippen LogP contribution in [-0.4, -0.2) is 12.2 Å². The van der Waals surface area contributed by atoms with Gasteiger partial charge in [0.15, 0.2) is 0 Å². The van der Waals surface area contributed by atoms with Crippen LogP contribution in [0.5, 0.6) is 0 Å². The van der Waals surface area contributed by atoms with Crippen LogP contribution in [0.4, 0.5) is 0 Å². The average Bonchev–Trinajstić information content (AvgIpc) is 2.55. The van der Waals surface area contributed by atoms with Crippen LogP contribution >= 0.6 is 0 Å². The zero-order valence-electron chi connectivity index (χ0n) is 15.9. The van der Waals surface area contributed by atoms with E-state index in [1.807, 2.05) is 0 Å². The number of fused-ring (bicyclic) bond motifs is 3. The Labute approximate surface area is 144 Å². The molecule has 1 nitrogen and oxygen atoms in total. The first kappa shape index (κ1) is 17.8. The third-order valence-electron chi connectivity index (χ3n) is 7.42. The molecule has 0 heterocycles. The molecule has 7 unspecified atom stereocenters. The molecule has 0 spiro atoms. The van der Waals surface area contributed by atoms with Crippen molar-refractivity contribution < 1.29 is 4.74 Å². The van der Waals surface area contributed by atoms with Crippen LogP contribution in [-0.2, 0) is 4.74 Å². The SMILES string of the molecule is CCCC1CCC2C(CCC3CC(OC(C)CCC)CCC32)C1. The van der Waals surface area contributed by atoms with Crippen molar-refractivity contribution in [2.45, 2.75) is 110 Å². The van der Waals surface area contributed by atoms with Crippen LogP contribution in [0.1, 0.15) is 97.8 Å². The molecule has 3 rings (SSSR count). The van der Waals surface area contributed by atoms with Crippen molar-refractivity contribution in [1.29, 1.82) is 0 Å². The predicted molar refractivity (Wildman–Crippen MR) is 98.5 cm³/mol. The third-order valence-corrected chi connectivity index (χ3v) is 7.42. The summed E-state index contributed by atoms with van der Waals surface area (Å²) in [4.78, 5) is 0. The number of ether oxygens (including phenoxy) is 1. The molecule has 0 radical (unpaired) electrons. The summed E-state index contributed by atoms with van der Waals surface area (Å²) < 4.78 is 6.37. The van der Waals surface area contributed by atoms with Gasteiger partial charge in [0.1, 0.15) is 0 Å². The second kappa shape index (κ2) is 8.37. The van der Waals surface area contributed by atoms with Crippen LogP contribution in [0, 0.1) is 29.6 Å². The smallest absolute Gasteiger partial charge is 0.0581 e. The van der Waals surface area contributed by atoms with Gasteiger partial charge in [0.05, 0.1) is 12.2 Å². The van der Waals surface area contributed by atoms with Gasteiger partial charge < -0.3 is 4.74 Å². The van der Waals surface area contributed by atoms with Gasteiger partial charge in [-0.1, -0.05) is 39.5 Å². The van der Waals surface area contributed by atoms with E-state index < -0.39 is 0 Å². The van der Waals surface area contributed by atoms with Gasteiger partial charge in [-0.15, -0.1) is 0 Å². The summed E-state index contributed by atoms with van der Waals surface area (Å²) in [6.07, 6.45) is 18.3. The van der Waals surface area contributed by atoms with Crippen LogP contribution in [0.2, 0.25) is 0 Å². The Balaban J connectivity index is 1.51. The summed E-state index contributed by atoms with van der Waals surface area (Å²) in [5, 5.41) is 0. The molecule has 0 aromatic carbocycles. The molecule has 1 heteroatoms. The van der Waals surface area contributed by atoms with Gasteiger partial charge in [-0.2, -0.15) is 0 Å². The van der Waals surface area contributed by atoms with E-state index in [-0.39, 0.29) is 0 Å². The van der Waals surface area contributed by atoms with E-state index in [2.05, 4.69) is 20.8 Å². The van der Waals surface area contributed by atoms with E-state index in [0.29, 0.717) is 12.2 Å². The van der Waals surface area contributed by atoms with Crippen molar-refractivity contribution >= 4 is 0 Å². The normalized spacial score (nSPS) is 41.9. The van der Waals surface area contributed by atoms with Gasteiger partial charge in [-0.25, -0.2) is 0 Å². The molecule has 23 heavy (non-hydrogen) atoms. The lowest BCUT2D eigenvalue weighted by atomic mass is 9.56. The standard InChI is InChI=1S/C22H40O/c1-4-6-16(3)23-20-11-13-22-19(15-20)10-9-18-14-17(7-5-2)8-12-21(18)22/h16-22H,4-15H2,1-3H3. The maximum atomic E-state index is 6.37. The highest BCUT2D eigenvalue weighted by Crippen LogP contribution is 2.53. The highest BCUT2D eigenvalue weighted by atomic mass is 16.5. The number of hydrogen-bond acceptors (Lipinski definition) is 1. The Morgan fingerprint density at radius 2 is 1.52 bits per heavy atom. The van der Waals surface area contributed by atoms with Gasteiger partial charge in [0.25, 0.3) is 0 Å². The number of rotatable bonds is 6. The first-order valence-corrected chi connectivity index (χ1v) is 10.9. The number of hydrogen-bond donors (Lipinski definition) is 0. The first-order chi connectivity index (χ1) is 11.2. The Hall–Kier alpha value is -0.0400. The second-order valence-corrected chi connectivity index (χ2v) is 9.06. The van der Waals surface area contributed by atoms with E-state index in [1.165, 1.54) is 64.2 Å². The lowest BCUT2D eigenvalue weighted by molar-refractivity contribution is -0.0770. The largest absolute Gasteiger partial charge is 0.375 e. The third kappa shape index (κ3) is 4.33. The average molecular weight is 321 g/mol. The van der Waals surface area contributed by atoms with Crippen LogP contribution in [0.15, 0.2) is 0 Å². The molecule has 0 aromatic rings. The lowest BCUT2D eigenvalue weighted by Crippen LogP contribution is -2.43. The van der Waals surface area contributed by atoms with Crippen molar-refractivity contribution in [3.05, 3.63) is 0 Å². The minimum Gasteiger partial charge on any atom is -0.375 e. The van der Waals surface area contributed by atoms with E-state index in [1.54, 1.807) is 12.8 Å². The molecule has 3 aliphatic carbocycles. The van der Waals surface area contributed by atoms with Gasteiger partial charge in [0, 0.05) is 0 Å². The molecule has 3 aliphatic rings. The van der Waals surface area contributed by atoms with Gasteiger partial charge in [0.2, 0.25) is 0 Å². The monoisotopic (exact) mass is 320 g/mol. The summed E-state index contributed by atoms with van der Waals surface area (Å²) in [6, 6.07) is 0. The molecule has 7 atom stereocenters. The Morgan fingerprint density at radius 1 is 0.826 bits per heavy atom. The second-order valence-electron chi connectivity index (χ2n) is 9.06. The maximum Gasteiger partial charge on any atom is 0.0581 e. The van der Waals surface area contributed by atoms with Gasteiger partial charge >= 0.3 is 0 Å². The summed E-state index contributed by atoms with van der Waals surface area (Å²) >= 11 is 0. The molecule has 3 fully saturated rings. The molecule has 0 aromatic heterocycles. The van der Waals surface area contributed by atoms with Gasteiger partial charge in [-0.05, 0) is 87.9 Å². The van der Waals surface area contributed by atoms with E-state index >= 15 is 0 Å². The molecular formula is C22H40O. The quantitative estimate of drug-likeness (QED) is 0.535. The van der Waals surface area contributed by atoms with Crippen LogP contribution in [0.3, 0.4) is 0 Å². The van der Waals surface area contributed by atoms with E-state index in [9.17, 15) is 0 Å². The van der Waals surface area contributed by atoms with Crippen molar-refractivity contribution in [3.63, 3.8) is 0 Å². The maximum absolute atomic E-state index is 6.37. The molecule has 0 amide bonds. The minimum absolute atomic E-state index is 0.474. The fourth-order valence-corrected chi connectivity index (χ4v) is 6.45. The van der Waals surface area contributed by atoms with Crippen molar-refractivity contribution in [3.8, 4) is 0 Å². The van der Waals surface area contributed by atoms with Crippen LogP contribution in [0.25, 0.3) is 0 Å². The summed E-state index contributed by atoms with van der Waals surface area (Å²) in [5.74, 6) is 5.27. The van der Waals surface area contributed by atoms with Crippen molar-refractivity contribution in [2.24, 2.45) is 29.6 Å². The Morgan fingerprint density at radius 3 is 2.22 bits per heavy atom. The zero-order chi connectivity index (χ0) is 16.2. The fourth-order valence-electron chi connectivity index (χ4n) is 6.45. The summed E-state index contributed by atoms with van der Waals surface area (Å²) in [7, 11) is 0. The molecule has 3 saturated carbocycles. The van der Waals surface area contributed by atoms with Crippen LogP contribution < -0.4 is 0 Å².